The third-order valence-corrected chi connectivity index (χ3v) is 3.31. The first kappa shape index (κ1) is 15.0. The van der Waals surface area contributed by atoms with Crippen LogP contribution in [-0.2, 0) is 9.59 Å². The lowest BCUT2D eigenvalue weighted by Crippen LogP contribution is -2.51. The Hall–Kier alpha value is -1.10. The Morgan fingerprint density at radius 1 is 1.06 bits per heavy atom. The average Bonchev–Trinajstić information content (AvgIpc) is 2.38. The largest absolute Gasteiger partial charge is 0.339 e. The van der Waals surface area contributed by atoms with Crippen LogP contribution in [0.15, 0.2) is 0 Å². The van der Waals surface area contributed by atoms with Crippen molar-refractivity contribution in [3.63, 3.8) is 0 Å². The molecule has 0 atom stereocenters. The first-order valence-electron chi connectivity index (χ1n) is 6.89. The van der Waals surface area contributed by atoms with E-state index in [9.17, 15) is 9.59 Å². The quantitative estimate of drug-likeness (QED) is 0.701. The fraction of sp³-hybridized carbons (Fsp3) is 0.846. The molecular formula is C13H25N3O2. The summed E-state index contributed by atoms with van der Waals surface area (Å²) >= 11 is 0. The standard InChI is InChI=1S/C13H25N3O2/c1-3-4-5-6-14-11-13(18)16-9-7-15(8-10-16)12(2)17/h14H,3-11H2,1-2H3. The van der Waals surface area contributed by atoms with E-state index >= 15 is 0 Å². The molecule has 1 rings (SSSR count). The minimum Gasteiger partial charge on any atom is -0.339 e. The average molecular weight is 255 g/mol. The molecule has 1 fully saturated rings. The first-order chi connectivity index (χ1) is 8.65. The summed E-state index contributed by atoms with van der Waals surface area (Å²) in [5.41, 5.74) is 0. The van der Waals surface area contributed by atoms with Crippen LogP contribution in [0.1, 0.15) is 33.1 Å². The molecule has 0 saturated carbocycles. The molecule has 1 aliphatic rings. The highest BCUT2D eigenvalue weighted by Crippen LogP contribution is 2.02. The number of hydrogen-bond acceptors (Lipinski definition) is 3. The van der Waals surface area contributed by atoms with E-state index in [1.54, 1.807) is 11.8 Å². The van der Waals surface area contributed by atoms with E-state index in [2.05, 4.69) is 12.2 Å². The van der Waals surface area contributed by atoms with Crippen LogP contribution >= 0.6 is 0 Å². The van der Waals surface area contributed by atoms with Gasteiger partial charge in [0.2, 0.25) is 11.8 Å². The number of rotatable bonds is 6. The second-order valence-corrected chi connectivity index (χ2v) is 4.77. The smallest absolute Gasteiger partial charge is 0.236 e. The summed E-state index contributed by atoms with van der Waals surface area (Å²) in [6.07, 6.45) is 3.53. The molecule has 1 saturated heterocycles. The fourth-order valence-corrected chi connectivity index (χ4v) is 2.08. The van der Waals surface area contributed by atoms with Crippen molar-refractivity contribution in [3.05, 3.63) is 0 Å². The Labute approximate surface area is 110 Å². The van der Waals surface area contributed by atoms with E-state index in [1.807, 2.05) is 4.90 Å². The van der Waals surface area contributed by atoms with Crippen molar-refractivity contribution < 1.29 is 9.59 Å². The van der Waals surface area contributed by atoms with Gasteiger partial charge in [0.15, 0.2) is 0 Å². The first-order valence-corrected chi connectivity index (χ1v) is 6.89. The van der Waals surface area contributed by atoms with Crippen LogP contribution < -0.4 is 5.32 Å². The summed E-state index contributed by atoms with van der Waals surface area (Å²) in [7, 11) is 0. The molecule has 1 aliphatic heterocycles. The van der Waals surface area contributed by atoms with Crippen LogP contribution in [-0.4, -0.2) is 60.9 Å². The molecule has 0 unspecified atom stereocenters. The zero-order valence-corrected chi connectivity index (χ0v) is 11.6. The van der Waals surface area contributed by atoms with Gasteiger partial charge in [-0.15, -0.1) is 0 Å². The van der Waals surface area contributed by atoms with Gasteiger partial charge < -0.3 is 15.1 Å². The highest BCUT2D eigenvalue weighted by Gasteiger charge is 2.21. The summed E-state index contributed by atoms with van der Waals surface area (Å²) in [5, 5.41) is 3.18. The molecule has 1 heterocycles. The third-order valence-electron chi connectivity index (χ3n) is 3.31. The van der Waals surface area contributed by atoms with Gasteiger partial charge in [-0.3, -0.25) is 9.59 Å². The highest BCUT2D eigenvalue weighted by molar-refractivity contribution is 5.79. The van der Waals surface area contributed by atoms with E-state index in [4.69, 9.17) is 0 Å². The minimum absolute atomic E-state index is 0.0970. The van der Waals surface area contributed by atoms with Crippen molar-refractivity contribution >= 4 is 11.8 Å². The van der Waals surface area contributed by atoms with Gasteiger partial charge in [-0.25, -0.2) is 0 Å². The molecule has 0 spiro atoms. The Bertz CT molecular complexity index is 273. The monoisotopic (exact) mass is 255 g/mol. The summed E-state index contributed by atoms with van der Waals surface area (Å²) in [5.74, 6) is 0.245. The predicted molar refractivity (Wildman–Crippen MR) is 71.2 cm³/mol. The van der Waals surface area contributed by atoms with Gasteiger partial charge in [-0.2, -0.15) is 0 Å². The van der Waals surface area contributed by atoms with Crippen molar-refractivity contribution in [1.82, 2.24) is 15.1 Å². The Morgan fingerprint density at radius 3 is 2.22 bits per heavy atom. The Morgan fingerprint density at radius 2 is 1.67 bits per heavy atom. The summed E-state index contributed by atoms with van der Waals surface area (Å²) in [6, 6.07) is 0. The van der Waals surface area contributed by atoms with Gasteiger partial charge in [0, 0.05) is 33.1 Å². The molecule has 0 aromatic heterocycles. The number of carbonyl (C=O) groups excluding carboxylic acids is 2. The minimum atomic E-state index is 0.0970. The van der Waals surface area contributed by atoms with Crippen molar-refractivity contribution in [3.8, 4) is 0 Å². The van der Waals surface area contributed by atoms with Gasteiger partial charge in [0.25, 0.3) is 0 Å². The maximum Gasteiger partial charge on any atom is 0.236 e. The van der Waals surface area contributed by atoms with Crippen LogP contribution in [0.25, 0.3) is 0 Å². The van der Waals surface area contributed by atoms with Crippen LogP contribution in [0.5, 0.6) is 0 Å². The molecule has 0 radical (unpaired) electrons. The van der Waals surface area contributed by atoms with Crippen molar-refractivity contribution in [2.24, 2.45) is 0 Å². The Balaban J connectivity index is 2.14. The second-order valence-electron chi connectivity index (χ2n) is 4.77. The SMILES string of the molecule is CCCCCNCC(=O)N1CCN(C(C)=O)CC1. The lowest BCUT2D eigenvalue weighted by atomic mass is 10.2. The molecule has 5 heteroatoms. The zero-order chi connectivity index (χ0) is 13.4. The van der Waals surface area contributed by atoms with E-state index in [0.717, 1.165) is 13.0 Å². The van der Waals surface area contributed by atoms with Gasteiger partial charge in [0.05, 0.1) is 6.54 Å². The number of unbranched alkanes of at least 4 members (excludes halogenated alkanes) is 2. The number of nitrogens with one attached hydrogen (secondary N) is 1. The van der Waals surface area contributed by atoms with E-state index < -0.39 is 0 Å². The van der Waals surface area contributed by atoms with Crippen LogP contribution in [0, 0.1) is 0 Å². The molecule has 0 aromatic carbocycles. The zero-order valence-electron chi connectivity index (χ0n) is 11.6. The number of piperazine rings is 1. The number of amides is 2. The fourth-order valence-electron chi connectivity index (χ4n) is 2.08. The topological polar surface area (TPSA) is 52.7 Å². The maximum absolute atomic E-state index is 11.9. The summed E-state index contributed by atoms with van der Waals surface area (Å²) in [6.45, 7) is 7.72. The number of carbonyl (C=O) groups is 2. The van der Waals surface area contributed by atoms with Crippen LogP contribution in [0.4, 0.5) is 0 Å². The number of hydrogen-bond donors (Lipinski definition) is 1. The lowest BCUT2D eigenvalue weighted by Gasteiger charge is -2.34. The Kier molecular flexibility index (Phi) is 6.72. The van der Waals surface area contributed by atoms with Crippen LogP contribution in [0.2, 0.25) is 0 Å². The molecular weight excluding hydrogens is 230 g/mol. The predicted octanol–water partition coefficient (Wildman–Crippen LogP) is 0.457. The molecule has 0 bridgehead atoms. The lowest BCUT2D eigenvalue weighted by molar-refractivity contribution is -0.137. The second kappa shape index (κ2) is 8.08. The maximum atomic E-state index is 11.9. The van der Waals surface area contributed by atoms with E-state index in [-0.39, 0.29) is 11.8 Å². The molecule has 18 heavy (non-hydrogen) atoms. The van der Waals surface area contributed by atoms with Crippen molar-refractivity contribution in [1.29, 1.82) is 0 Å². The number of nitrogens with zero attached hydrogens (tertiary/aromatic N) is 2. The van der Waals surface area contributed by atoms with E-state index in [0.29, 0.717) is 32.7 Å². The molecule has 1 N–H and O–H groups in total. The molecule has 2 amide bonds. The van der Waals surface area contributed by atoms with Gasteiger partial charge in [-0.1, -0.05) is 19.8 Å². The van der Waals surface area contributed by atoms with Crippen molar-refractivity contribution in [2.45, 2.75) is 33.1 Å². The highest BCUT2D eigenvalue weighted by atomic mass is 16.2. The van der Waals surface area contributed by atoms with Crippen molar-refractivity contribution in [2.75, 3.05) is 39.3 Å². The normalized spacial score (nSPS) is 15.9. The summed E-state index contributed by atoms with van der Waals surface area (Å²) < 4.78 is 0. The van der Waals surface area contributed by atoms with Gasteiger partial charge in [-0.05, 0) is 13.0 Å². The van der Waals surface area contributed by atoms with E-state index in [1.165, 1.54) is 12.8 Å². The van der Waals surface area contributed by atoms with Crippen LogP contribution in [0.3, 0.4) is 0 Å². The van der Waals surface area contributed by atoms with Gasteiger partial charge >= 0.3 is 0 Å². The molecule has 0 aliphatic carbocycles. The molecule has 0 aromatic rings. The summed E-state index contributed by atoms with van der Waals surface area (Å²) in [4.78, 5) is 26.7. The molecule has 104 valence electrons. The van der Waals surface area contributed by atoms with Gasteiger partial charge in [0.1, 0.15) is 0 Å². The molecule has 5 nitrogen and oxygen atoms in total. The third kappa shape index (κ3) is 5.04.